The van der Waals surface area contributed by atoms with Crippen LogP contribution in [0.4, 0.5) is 0 Å². The molecule has 1 saturated heterocycles. The van der Waals surface area contributed by atoms with Gasteiger partial charge in [0.25, 0.3) is 0 Å². The van der Waals surface area contributed by atoms with Crippen LogP contribution in [-0.4, -0.2) is 70.9 Å². The maximum absolute atomic E-state index is 12.3. The minimum atomic E-state index is -3.52. The molecule has 1 aromatic carbocycles. The molecule has 1 heterocycles. The van der Waals surface area contributed by atoms with E-state index in [4.69, 9.17) is 4.74 Å². The van der Waals surface area contributed by atoms with E-state index >= 15 is 0 Å². The smallest absolute Gasteiger partial charge is 0.242 e. The fourth-order valence-corrected chi connectivity index (χ4v) is 4.43. The molecule has 0 saturated carbocycles. The third-order valence-corrected chi connectivity index (χ3v) is 7.31. The molecule has 1 amide bonds. The molecule has 0 atom stereocenters. The summed E-state index contributed by atoms with van der Waals surface area (Å²) >= 11 is 0. The molecule has 1 aliphatic heterocycles. The number of aryl methyl sites for hydroxylation is 1. The number of hydrogen-bond donors (Lipinski definition) is 1. The molecule has 2 rings (SSSR count). The first-order chi connectivity index (χ1) is 13.7. The zero-order chi connectivity index (χ0) is 21.4. The molecule has 0 bridgehead atoms. The van der Waals surface area contributed by atoms with E-state index in [-0.39, 0.29) is 10.8 Å². The van der Waals surface area contributed by atoms with Crippen LogP contribution in [0.1, 0.15) is 38.2 Å². The van der Waals surface area contributed by atoms with Crippen molar-refractivity contribution in [3.8, 4) is 5.75 Å². The highest BCUT2D eigenvalue weighted by Crippen LogP contribution is 2.25. The lowest BCUT2D eigenvalue weighted by Gasteiger charge is -2.30. The Balaban J connectivity index is 1.81. The molecular formula is C21H35N3O4S. The van der Waals surface area contributed by atoms with Gasteiger partial charge in [0.05, 0.1) is 12.0 Å². The molecule has 0 aromatic heterocycles. The van der Waals surface area contributed by atoms with E-state index in [0.29, 0.717) is 30.7 Å². The Hall–Kier alpha value is -1.64. The van der Waals surface area contributed by atoms with Crippen LogP contribution in [0.2, 0.25) is 0 Å². The zero-order valence-electron chi connectivity index (χ0n) is 18.1. The summed E-state index contributed by atoms with van der Waals surface area (Å²) < 4.78 is 31.2. The lowest BCUT2D eigenvalue weighted by atomic mass is 9.99. The van der Waals surface area contributed by atoms with Gasteiger partial charge in [-0.05, 0) is 75.0 Å². The van der Waals surface area contributed by atoms with Crippen molar-refractivity contribution in [2.24, 2.45) is 5.92 Å². The quantitative estimate of drug-likeness (QED) is 0.581. The van der Waals surface area contributed by atoms with Crippen molar-refractivity contribution in [3.63, 3.8) is 0 Å². The Kier molecular flexibility index (Phi) is 8.92. The van der Waals surface area contributed by atoms with E-state index in [9.17, 15) is 13.2 Å². The monoisotopic (exact) mass is 425 g/mol. The van der Waals surface area contributed by atoms with Gasteiger partial charge in [-0.15, -0.1) is 0 Å². The van der Waals surface area contributed by atoms with E-state index < -0.39 is 10.0 Å². The SMILES string of the molecule is COc1ccc(S(=O)(=O)N(C)C)cc1CCC(=O)NCCCN1CCC(C)CC1. The Morgan fingerprint density at radius 3 is 2.59 bits per heavy atom. The van der Waals surface area contributed by atoms with Crippen LogP contribution in [-0.2, 0) is 21.2 Å². The molecule has 1 fully saturated rings. The molecule has 0 spiro atoms. The second-order valence-corrected chi connectivity index (χ2v) is 10.1. The second-order valence-electron chi connectivity index (χ2n) is 7.99. The number of sulfonamides is 1. The summed E-state index contributed by atoms with van der Waals surface area (Å²) in [5, 5.41) is 2.97. The van der Waals surface area contributed by atoms with Crippen molar-refractivity contribution < 1.29 is 17.9 Å². The van der Waals surface area contributed by atoms with E-state index in [1.807, 2.05) is 0 Å². The number of carbonyl (C=O) groups is 1. The summed E-state index contributed by atoms with van der Waals surface area (Å²) in [5.74, 6) is 1.39. The van der Waals surface area contributed by atoms with Gasteiger partial charge < -0.3 is 15.0 Å². The van der Waals surface area contributed by atoms with Gasteiger partial charge in [-0.3, -0.25) is 4.79 Å². The summed E-state index contributed by atoms with van der Waals surface area (Å²) in [7, 11) is 1.01. The van der Waals surface area contributed by atoms with Gasteiger partial charge >= 0.3 is 0 Å². The predicted molar refractivity (Wildman–Crippen MR) is 115 cm³/mol. The number of piperidine rings is 1. The number of benzene rings is 1. The largest absolute Gasteiger partial charge is 0.496 e. The second kappa shape index (κ2) is 10.9. The predicted octanol–water partition coefficient (Wildman–Crippen LogP) is 2.12. The summed E-state index contributed by atoms with van der Waals surface area (Å²) in [6, 6.07) is 4.76. The third kappa shape index (κ3) is 6.97. The number of likely N-dealkylation sites (tertiary alicyclic amines) is 1. The van der Waals surface area contributed by atoms with Gasteiger partial charge in [0, 0.05) is 27.1 Å². The lowest BCUT2D eigenvalue weighted by Crippen LogP contribution is -2.35. The molecule has 164 valence electrons. The average molecular weight is 426 g/mol. The summed E-state index contributed by atoms with van der Waals surface area (Å²) in [4.78, 5) is 14.9. The molecule has 1 N–H and O–H groups in total. The van der Waals surface area contributed by atoms with Crippen LogP contribution in [0.5, 0.6) is 5.75 Å². The van der Waals surface area contributed by atoms with E-state index in [1.165, 1.54) is 37.3 Å². The minimum Gasteiger partial charge on any atom is -0.496 e. The Morgan fingerprint density at radius 1 is 1.28 bits per heavy atom. The van der Waals surface area contributed by atoms with Crippen molar-refractivity contribution in [2.75, 3.05) is 47.4 Å². The van der Waals surface area contributed by atoms with Gasteiger partial charge in [-0.2, -0.15) is 0 Å². The van der Waals surface area contributed by atoms with Crippen LogP contribution in [0.25, 0.3) is 0 Å². The number of hydrogen-bond acceptors (Lipinski definition) is 5. The fraction of sp³-hybridized carbons (Fsp3) is 0.667. The van der Waals surface area contributed by atoms with E-state index in [0.717, 1.165) is 32.0 Å². The zero-order valence-corrected chi connectivity index (χ0v) is 18.9. The molecular weight excluding hydrogens is 390 g/mol. The van der Waals surface area contributed by atoms with Gasteiger partial charge in [0.1, 0.15) is 5.75 Å². The molecule has 1 aromatic rings. The highest BCUT2D eigenvalue weighted by Gasteiger charge is 2.19. The first kappa shape index (κ1) is 23.6. The number of nitrogens with zero attached hydrogens (tertiary/aromatic N) is 2. The number of rotatable bonds is 10. The van der Waals surface area contributed by atoms with E-state index in [2.05, 4.69) is 17.1 Å². The van der Waals surface area contributed by atoms with Crippen molar-refractivity contribution in [1.29, 1.82) is 0 Å². The van der Waals surface area contributed by atoms with Crippen LogP contribution in [0.3, 0.4) is 0 Å². The first-order valence-corrected chi connectivity index (χ1v) is 11.8. The van der Waals surface area contributed by atoms with Gasteiger partial charge in [0.2, 0.25) is 15.9 Å². The standard InChI is InChI=1S/C21H35N3O4S/c1-17-10-14-24(15-11-17)13-5-12-22-21(25)9-6-18-16-19(7-8-20(18)28-4)29(26,27)23(2)3/h7-8,16-17H,5-6,9-15H2,1-4H3,(H,22,25). The van der Waals surface area contributed by atoms with Crippen molar-refractivity contribution >= 4 is 15.9 Å². The first-order valence-electron chi connectivity index (χ1n) is 10.3. The van der Waals surface area contributed by atoms with Crippen LogP contribution < -0.4 is 10.1 Å². The maximum atomic E-state index is 12.3. The minimum absolute atomic E-state index is 0.0276. The fourth-order valence-electron chi connectivity index (χ4n) is 3.47. The van der Waals surface area contributed by atoms with Gasteiger partial charge in [-0.1, -0.05) is 6.92 Å². The number of methoxy groups -OCH3 is 1. The number of nitrogens with one attached hydrogen (secondary N) is 1. The lowest BCUT2D eigenvalue weighted by molar-refractivity contribution is -0.121. The summed E-state index contributed by atoms with van der Waals surface area (Å²) in [5.41, 5.74) is 0.716. The Morgan fingerprint density at radius 2 is 1.97 bits per heavy atom. The number of carbonyl (C=O) groups excluding carboxylic acids is 1. The Bertz CT molecular complexity index is 772. The molecule has 29 heavy (non-hydrogen) atoms. The van der Waals surface area contributed by atoms with E-state index in [1.54, 1.807) is 19.2 Å². The molecule has 0 radical (unpaired) electrons. The van der Waals surface area contributed by atoms with Crippen molar-refractivity contribution in [1.82, 2.24) is 14.5 Å². The normalized spacial score (nSPS) is 16.2. The average Bonchev–Trinajstić information content (AvgIpc) is 2.70. The molecule has 0 unspecified atom stereocenters. The van der Waals surface area contributed by atoms with Crippen LogP contribution in [0, 0.1) is 5.92 Å². The third-order valence-electron chi connectivity index (χ3n) is 5.50. The topological polar surface area (TPSA) is 79.0 Å². The highest BCUT2D eigenvalue weighted by molar-refractivity contribution is 7.89. The van der Waals surface area contributed by atoms with Crippen LogP contribution >= 0.6 is 0 Å². The highest BCUT2D eigenvalue weighted by atomic mass is 32.2. The summed E-state index contributed by atoms with van der Waals surface area (Å²) in [6.45, 7) is 6.29. The molecule has 7 nitrogen and oxygen atoms in total. The maximum Gasteiger partial charge on any atom is 0.242 e. The summed E-state index contributed by atoms with van der Waals surface area (Å²) in [6.07, 6.45) is 4.19. The van der Waals surface area contributed by atoms with Crippen molar-refractivity contribution in [2.45, 2.75) is 43.9 Å². The van der Waals surface area contributed by atoms with Gasteiger partial charge in [0.15, 0.2) is 0 Å². The Labute approximate surface area is 175 Å². The number of ether oxygens (including phenoxy) is 1. The molecule has 8 heteroatoms. The van der Waals surface area contributed by atoms with Gasteiger partial charge in [-0.25, -0.2) is 12.7 Å². The molecule has 0 aliphatic carbocycles. The van der Waals surface area contributed by atoms with Crippen LogP contribution in [0.15, 0.2) is 23.1 Å². The van der Waals surface area contributed by atoms with Crippen molar-refractivity contribution in [3.05, 3.63) is 23.8 Å². The number of amides is 1. The molecule has 1 aliphatic rings.